The molecule has 2 amide bonds. The molecule has 0 radical (unpaired) electrons. The maximum Gasteiger partial charge on any atom is 0.318 e. The van der Waals surface area contributed by atoms with Gasteiger partial charge in [0.2, 0.25) is 0 Å². The van der Waals surface area contributed by atoms with Gasteiger partial charge in [-0.05, 0) is 67.6 Å². The molecule has 0 spiro atoms. The summed E-state index contributed by atoms with van der Waals surface area (Å²) in [5.74, 6) is 0.579. The Bertz CT molecular complexity index is 1460. The lowest BCUT2D eigenvalue weighted by Gasteiger charge is -2.34. The van der Waals surface area contributed by atoms with Crippen molar-refractivity contribution in [3.05, 3.63) is 105 Å². The number of hydrogen-bond donors (Lipinski definition) is 1. The highest BCUT2D eigenvalue weighted by molar-refractivity contribution is 9.10. The Morgan fingerprint density at radius 2 is 1.69 bits per heavy atom. The zero-order valence-corrected chi connectivity index (χ0v) is 23.9. The van der Waals surface area contributed by atoms with E-state index in [1.165, 1.54) is 12.0 Å². The van der Waals surface area contributed by atoms with Crippen LogP contribution >= 0.6 is 15.9 Å². The molecule has 1 atom stereocenters. The number of benzene rings is 3. The summed E-state index contributed by atoms with van der Waals surface area (Å²) in [6.45, 7) is 2.57. The van der Waals surface area contributed by atoms with Crippen LogP contribution in [0.3, 0.4) is 0 Å². The van der Waals surface area contributed by atoms with Gasteiger partial charge < -0.3 is 10.2 Å². The van der Waals surface area contributed by atoms with Crippen molar-refractivity contribution in [3.8, 4) is 5.69 Å². The Labute approximate surface area is 238 Å². The molecule has 202 valence electrons. The van der Waals surface area contributed by atoms with Crippen molar-refractivity contribution in [2.24, 2.45) is 0 Å². The van der Waals surface area contributed by atoms with Gasteiger partial charge in [0.15, 0.2) is 0 Å². The van der Waals surface area contributed by atoms with Crippen LogP contribution in [0.5, 0.6) is 0 Å². The highest BCUT2D eigenvalue weighted by Gasteiger charge is 2.30. The molecule has 6 nitrogen and oxygen atoms in total. The van der Waals surface area contributed by atoms with Gasteiger partial charge in [-0.1, -0.05) is 84.6 Å². The summed E-state index contributed by atoms with van der Waals surface area (Å²) in [5, 5.41) is 3.88. The number of amides is 2. The van der Waals surface area contributed by atoms with E-state index in [4.69, 9.17) is 4.98 Å². The number of nitrogens with one attached hydrogen (secondary N) is 1. The third-order valence-electron chi connectivity index (χ3n) is 7.63. The lowest BCUT2D eigenvalue weighted by Crippen LogP contribution is -2.48. The van der Waals surface area contributed by atoms with E-state index in [1.807, 2.05) is 71.6 Å². The Hall–Kier alpha value is -3.45. The summed E-state index contributed by atoms with van der Waals surface area (Å²) in [5.41, 5.74) is 2.40. The van der Waals surface area contributed by atoms with Crippen molar-refractivity contribution in [2.45, 2.75) is 64.0 Å². The van der Waals surface area contributed by atoms with Gasteiger partial charge in [-0.25, -0.2) is 9.78 Å². The van der Waals surface area contributed by atoms with Crippen LogP contribution in [0.15, 0.2) is 88.1 Å². The summed E-state index contributed by atoms with van der Waals surface area (Å²) in [6, 6.07) is 25.0. The highest BCUT2D eigenvalue weighted by atomic mass is 79.9. The Kier molecular flexibility index (Phi) is 8.77. The second kappa shape index (κ2) is 12.6. The molecule has 1 aliphatic rings. The van der Waals surface area contributed by atoms with Crippen LogP contribution < -0.4 is 10.9 Å². The molecule has 1 aromatic heterocycles. The number of carbonyl (C=O) groups excluding carboxylic acids is 1. The van der Waals surface area contributed by atoms with Crippen molar-refractivity contribution < 1.29 is 4.79 Å². The fourth-order valence-electron chi connectivity index (χ4n) is 5.55. The fourth-order valence-corrected chi connectivity index (χ4v) is 5.82. The predicted molar refractivity (Wildman–Crippen MR) is 160 cm³/mol. The molecule has 0 bridgehead atoms. The van der Waals surface area contributed by atoms with E-state index < -0.39 is 6.04 Å². The minimum absolute atomic E-state index is 0.0885. The van der Waals surface area contributed by atoms with Crippen LogP contribution in [0.1, 0.15) is 62.9 Å². The minimum Gasteiger partial charge on any atom is -0.335 e. The molecule has 39 heavy (non-hydrogen) atoms. The largest absolute Gasteiger partial charge is 0.335 e. The topological polar surface area (TPSA) is 67.2 Å². The molecule has 1 unspecified atom stereocenters. The van der Waals surface area contributed by atoms with Gasteiger partial charge in [0.05, 0.1) is 22.6 Å². The summed E-state index contributed by atoms with van der Waals surface area (Å²) in [4.78, 5) is 34.8. The Balaban J connectivity index is 1.60. The number of carbonyl (C=O) groups is 1. The second-order valence-corrected chi connectivity index (χ2v) is 11.2. The minimum atomic E-state index is -0.391. The van der Waals surface area contributed by atoms with Crippen molar-refractivity contribution in [1.29, 1.82) is 0 Å². The molecule has 3 aromatic carbocycles. The SMILES string of the molecule is CCC(c1nc2ccccc2c(=O)n1-c1ccc(Br)cc1)N(CCc1ccccc1)C(=O)NC1CCCCC1. The first-order valence-electron chi connectivity index (χ1n) is 13.9. The molecule has 1 aliphatic carbocycles. The zero-order valence-electron chi connectivity index (χ0n) is 22.4. The molecule has 1 heterocycles. The first-order valence-corrected chi connectivity index (χ1v) is 14.7. The van der Waals surface area contributed by atoms with Gasteiger partial charge >= 0.3 is 6.03 Å². The summed E-state index contributed by atoms with van der Waals surface area (Å²) in [7, 11) is 0. The van der Waals surface area contributed by atoms with Crippen LogP contribution in [0.2, 0.25) is 0 Å². The molecule has 0 aliphatic heterocycles. The summed E-state index contributed by atoms with van der Waals surface area (Å²) < 4.78 is 2.62. The van der Waals surface area contributed by atoms with Crippen LogP contribution in [0.25, 0.3) is 16.6 Å². The van der Waals surface area contributed by atoms with Crippen LogP contribution in [-0.2, 0) is 6.42 Å². The number of aromatic nitrogens is 2. The molecular formula is C32H35BrN4O2. The van der Waals surface area contributed by atoms with Gasteiger partial charge in [-0.3, -0.25) is 9.36 Å². The number of fused-ring (bicyclic) bond motifs is 1. The average Bonchev–Trinajstić information content (AvgIpc) is 2.97. The van der Waals surface area contributed by atoms with Gasteiger partial charge in [-0.2, -0.15) is 0 Å². The molecule has 5 rings (SSSR count). The summed E-state index contributed by atoms with van der Waals surface area (Å²) in [6.07, 6.45) is 6.85. The number of halogens is 1. The van der Waals surface area contributed by atoms with E-state index >= 15 is 0 Å². The number of para-hydroxylation sites is 1. The monoisotopic (exact) mass is 586 g/mol. The van der Waals surface area contributed by atoms with Crippen molar-refractivity contribution in [3.63, 3.8) is 0 Å². The summed E-state index contributed by atoms with van der Waals surface area (Å²) >= 11 is 3.51. The van der Waals surface area contributed by atoms with Crippen LogP contribution in [0, 0.1) is 0 Å². The number of rotatable bonds is 8. The van der Waals surface area contributed by atoms with Crippen molar-refractivity contribution >= 4 is 32.9 Å². The maximum absolute atomic E-state index is 13.9. The third-order valence-corrected chi connectivity index (χ3v) is 8.15. The second-order valence-electron chi connectivity index (χ2n) is 10.2. The maximum atomic E-state index is 13.9. The number of nitrogens with zero attached hydrogens (tertiary/aromatic N) is 3. The molecule has 4 aromatic rings. The third kappa shape index (κ3) is 6.25. The quantitative estimate of drug-likeness (QED) is 0.237. The van der Waals surface area contributed by atoms with Crippen molar-refractivity contribution in [2.75, 3.05) is 6.54 Å². The Morgan fingerprint density at radius 1 is 1.00 bits per heavy atom. The standard InChI is InChI=1S/C32H35BrN4O2/c1-2-29(36(22-21-23-11-5-3-6-12-23)32(39)34-25-13-7-4-8-14-25)30-35-28-16-10-9-15-27(28)31(38)37(30)26-19-17-24(33)18-20-26/h3,5-6,9-12,15-20,25,29H,2,4,7-8,13-14,21-22H2,1H3,(H,34,39). The van der Waals surface area contributed by atoms with E-state index in [-0.39, 0.29) is 17.6 Å². The highest BCUT2D eigenvalue weighted by Crippen LogP contribution is 2.28. The van der Waals surface area contributed by atoms with Gasteiger partial charge in [0.1, 0.15) is 5.82 Å². The smallest absolute Gasteiger partial charge is 0.318 e. The number of hydrogen-bond acceptors (Lipinski definition) is 3. The zero-order chi connectivity index (χ0) is 27.2. The van der Waals surface area contributed by atoms with E-state index in [9.17, 15) is 9.59 Å². The average molecular weight is 588 g/mol. The predicted octanol–water partition coefficient (Wildman–Crippen LogP) is 7.19. The lowest BCUT2D eigenvalue weighted by atomic mass is 9.95. The molecular weight excluding hydrogens is 552 g/mol. The fraction of sp³-hybridized carbons (Fsp3) is 0.344. The number of urea groups is 1. The lowest BCUT2D eigenvalue weighted by molar-refractivity contribution is 0.162. The van der Waals surface area contributed by atoms with E-state index in [2.05, 4.69) is 40.3 Å². The molecule has 1 N–H and O–H groups in total. The van der Waals surface area contributed by atoms with E-state index in [0.29, 0.717) is 36.1 Å². The van der Waals surface area contributed by atoms with Gasteiger partial charge in [-0.15, -0.1) is 0 Å². The Morgan fingerprint density at radius 3 is 2.41 bits per heavy atom. The van der Waals surface area contributed by atoms with Crippen LogP contribution in [0.4, 0.5) is 4.79 Å². The van der Waals surface area contributed by atoms with Crippen molar-refractivity contribution in [1.82, 2.24) is 19.8 Å². The molecule has 1 fully saturated rings. The molecule has 1 saturated carbocycles. The normalized spacial score (nSPS) is 14.7. The first-order chi connectivity index (χ1) is 19.0. The first kappa shape index (κ1) is 27.1. The van der Waals surface area contributed by atoms with Gasteiger partial charge in [0.25, 0.3) is 5.56 Å². The van der Waals surface area contributed by atoms with Crippen LogP contribution in [-0.4, -0.2) is 33.1 Å². The molecule has 0 saturated heterocycles. The molecule has 7 heteroatoms. The van der Waals surface area contributed by atoms with E-state index in [0.717, 1.165) is 35.8 Å². The van der Waals surface area contributed by atoms with Gasteiger partial charge in [0, 0.05) is 17.1 Å². The van der Waals surface area contributed by atoms with E-state index in [1.54, 1.807) is 4.57 Å².